The van der Waals surface area contributed by atoms with E-state index in [1.807, 2.05) is 0 Å². The van der Waals surface area contributed by atoms with Gasteiger partial charge in [0.15, 0.2) is 0 Å². The van der Waals surface area contributed by atoms with E-state index in [-0.39, 0.29) is 0 Å². The van der Waals surface area contributed by atoms with Gasteiger partial charge in [-0.25, -0.2) is 0 Å². The van der Waals surface area contributed by atoms with Crippen LogP contribution in [0.25, 0.3) is 60.5 Å². The van der Waals surface area contributed by atoms with Crippen LogP contribution >= 0.6 is 0 Å². The first-order chi connectivity index (χ1) is 36.7. The van der Waals surface area contributed by atoms with Gasteiger partial charge >= 0.3 is 0 Å². The summed E-state index contributed by atoms with van der Waals surface area (Å²) in [5.41, 5.74) is 21.1. The molecule has 0 saturated carbocycles. The van der Waals surface area contributed by atoms with E-state index < -0.39 is 10.8 Å². The third-order valence-electron chi connectivity index (χ3n) is 16.3. The maximum Gasteiger partial charge on any atom is 0.0720 e. The summed E-state index contributed by atoms with van der Waals surface area (Å²) in [7, 11) is 0. The van der Waals surface area contributed by atoms with Crippen LogP contribution in [0, 0.1) is 0 Å². The van der Waals surface area contributed by atoms with Crippen LogP contribution in [-0.2, 0) is 10.8 Å². The summed E-state index contributed by atoms with van der Waals surface area (Å²) in [6, 6.07) is 108. The van der Waals surface area contributed by atoms with Gasteiger partial charge in [-0.1, -0.05) is 224 Å². The lowest BCUT2D eigenvalue weighted by molar-refractivity contribution is 0.626. The van der Waals surface area contributed by atoms with Crippen molar-refractivity contribution in [2.24, 2.45) is 0 Å². The Kier molecular flexibility index (Phi) is 9.43. The largest absolute Gasteiger partial charge is 0.311 e. The molecule has 13 aromatic rings. The molecular formula is C72H48N2. The number of para-hydroxylation sites is 2. The molecule has 0 saturated heterocycles. The molecule has 12 aromatic carbocycles. The number of hydrogen-bond acceptors (Lipinski definition) is 1. The van der Waals surface area contributed by atoms with E-state index in [1.54, 1.807) is 0 Å². The van der Waals surface area contributed by atoms with Gasteiger partial charge in [0.05, 0.1) is 21.9 Å². The van der Waals surface area contributed by atoms with Crippen LogP contribution in [0.2, 0.25) is 0 Å². The van der Waals surface area contributed by atoms with Crippen LogP contribution < -0.4 is 4.90 Å². The van der Waals surface area contributed by atoms with E-state index in [0.29, 0.717) is 0 Å². The maximum atomic E-state index is 2.41. The second kappa shape index (κ2) is 16.5. The number of anilines is 3. The van der Waals surface area contributed by atoms with Crippen molar-refractivity contribution in [1.82, 2.24) is 4.57 Å². The summed E-state index contributed by atoms with van der Waals surface area (Å²) in [5.74, 6) is 0. The normalized spacial score (nSPS) is 16.2. The Balaban J connectivity index is 0.861. The summed E-state index contributed by atoms with van der Waals surface area (Å²) in [4.78, 5) is 2.38. The van der Waals surface area contributed by atoms with E-state index in [0.717, 1.165) is 17.1 Å². The molecule has 0 spiro atoms. The molecule has 2 heteroatoms. The summed E-state index contributed by atoms with van der Waals surface area (Å²) < 4.78 is 2.41. The molecule has 0 N–H and O–H groups in total. The lowest BCUT2D eigenvalue weighted by Crippen LogP contribution is -2.44. The highest BCUT2D eigenvalue weighted by Crippen LogP contribution is 2.65. The zero-order valence-corrected chi connectivity index (χ0v) is 40.6. The molecule has 2 atom stereocenters. The Labute approximate surface area is 431 Å². The minimum atomic E-state index is -0.621. The molecular weight excluding hydrogens is 893 g/mol. The Bertz CT molecular complexity index is 4290. The average molecular weight is 941 g/mol. The Morgan fingerprint density at radius 1 is 0.284 bits per heavy atom. The van der Waals surface area contributed by atoms with Crippen molar-refractivity contribution in [3.63, 3.8) is 0 Å². The van der Waals surface area contributed by atoms with Crippen LogP contribution in [0.15, 0.2) is 291 Å². The van der Waals surface area contributed by atoms with Crippen LogP contribution in [0.4, 0.5) is 17.1 Å². The van der Waals surface area contributed by atoms with Crippen LogP contribution in [0.1, 0.15) is 44.5 Å². The molecule has 2 nitrogen and oxygen atoms in total. The molecule has 2 aliphatic carbocycles. The molecule has 0 amide bonds. The molecule has 0 fully saturated rings. The van der Waals surface area contributed by atoms with Gasteiger partial charge in [-0.2, -0.15) is 0 Å². The molecule has 0 bridgehead atoms. The standard InChI is InChI=1S/C72H48N2/c1-4-21-53(22-5-1)71(65-31-15-16-32-66(65)72(54-23-6-2-7-24-54)64-30-14-12-27-60(64)62-29-18-33-67(71)70(62)72)55-39-44-58(45-40-55)73(56-25-8-3-9-26-56)57-41-35-50(36-42-57)52-38-46-69-63(48-52)61-28-13-17-34-68(61)74(69)59-43-37-49-19-10-11-20-51(49)47-59/h1-48H. The second-order valence-electron chi connectivity index (χ2n) is 19.9. The van der Waals surface area contributed by atoms with Crippen molar-refractivity contribution in [2.75, 3.05) is 4.90 Å². The number of benzene rings is 12. The Morgan fingerprint density at radius 3 is 1.54 bits per heavy atom. The number of rotatable bonds is 8. The smallest absolute Gasteiger partial charge is 0.0720 e. The molecule has 74 heavy (non-hydrogen) atoms. The lowest BCUT2D eigenvalue weighted by Gasteiger charge is -2.49. The van der Waals surface area contributed by atoms with Crippen molar-refractivity contribution in [3.05, 3.63) is 336 Å². The summed E-state index contributed by atoms with van der Waals surface area (Å²) in [6.45, 7) is 0. The maximum absolute atomic E-state index is 2.41. The molecule has 346 valence electrons. The number of fused-ring (bicyclic) bond motifs is 9. The van der Waals surface area contributed by atoms with Gasteiger partial charge in [0.25, 0.3) is 0 Å². The SMILES string of the molecule is c1ccc(N(c2ccc(-c3ccc4c(c3)c3ccccc3n4-c3ccc4ccccc4c3)cc2)c2ccc(C3(c4ccccc4)c4ccccc4C4(c5ccccc5)c5ccccc5-c5cccc3c54)cc2)cc1. The summed E-state index contributed by atoms with van der Waals surface area (Å²) in [6.07, 6.45) is 0. The molecule has 2 aliphatic rings. The first kappa shape index (κ1) is 42.2. The second-order valence-corrected chi connectivity index (χ2v) is 19.9. The monoisotopic (exact) mass is 940 g/mol. The van der Waals surface area contributed by atoms with E-state index in [9.17, 15) is 0 Å². The van der Waals surface area contributed by atoms with Crippen LogP contribution in [0.5, 0.6) is 0 Å². The first-order valence-corrected chi connectivity index (χ1v) is 25.7. The summed E-state index contributed by atoms with van der Waals surface area (Å²) in [5, 5.41) is 4.97. The highest BCUT2D eigenvalue weighted by molar-refractivity contribution is 6.11. The van der Waals surface area contributed by atoms with Crippen LogP contribution in [-0.4, -0.2) is 4.57 Å². The van der Waals surface area contributed by atoms with Crippen LogP contribution in [0.3, 0.4) is 0 Å². The molecule has 15 rings (SSSR count). The van der Waals surface area contributed by atoms with Crippen molar-refractivity contribution >= 4 is 49.6 Å². The fourth-order valence-corrected chi connectivity index (χ4v) is 13.3. The van der Waals surface area contributed by atoms with E-state index >= 15 is 0 Å². The highest BCUT2D eigenvalue weighted by atomic mass is 15.1. The van der Waals surface area contributed by atoms with Gasteiger partial charge in [0, 0.05) is 33.5 Å². The molecule has 1 heterocycles. The van der Waals surface area contributed by atoms with Gasteiger partial charge in [0.2, 0.25) is 0 Å². The number of aromatic nitrogens is 1. The highest BCUT2D eigenvalue weighted by Gasteiger charge is 2.57. The third kappa shape index (κ3) is 6.00. The molecule has 0 radical (unpaired) electrons. The topological polar surface area (TPSA) is 8.17 Å². The molecule has 2 unspecified atom stereocenters. The minimum absolute atomic E-state index is 0.489. The fraction of sp³-hybridized carbons (Fsp3) is 0.0278. The van der Waals surface area contributed by atoms with Gasteiger partial charge in [-0.05, 0) is 144 Å². The Morgan fingerprint density at radius 2 is 0.797 bits per heavy atom. The van der Waals surface area contributed by atoms with Crippen molar-refractivity contribution in [2.45, 2.75) is 10.8 Å². The number of nitrogens with zero attached hydrogens (tertiary/aromatic N) is 2. The number of hydrogen-bond donors (Lipinski definition) is 0. The van der Waals surface area contributed by atoms with Crippen molar-refractivity contribution < 1.29 is 0 Å². The Hall–Kier alpha value is -9.50. The third-order valence-corrected chi connectivity index (χ3v) is 16.3. The van der Waals surface area contributed by atoms with E-state index in [4.69, 9.17) is 0 Å². The zero-order chi connectivity index (χ0) is 48.8. The molecule has 0 aliphatic heterocycles. The fourth-order valence-electron chi connectivity index (χ4n) is 13.3. The van der Waals surface area contributed by atoms with Gasteiger partial charge < -0.3 is 9.47 Å². The zero-order valence-electron chi connectivity index (χ0n) is 40.6. The van der Waals surface area contributed by atoms with Crippen molar-refractivity contribution in [1.29, 1.82) is 0 Å². The average Bonchev–Trinajstić information content (AvgIpc) is 4.14. The van der Waals surface area contributed by atoms with Gasteiger partial charge in [-0.15, -0.1) is 0 Å². The molecule has 1 aromatic heterocycles. The predicted octanol–water partition coefficient (Wildman–Crippen LogP) is 18.1. The lowest BCUT2D eigenvalue weighted by atomic mass is 9.52. The minimum Gasteiger partial charge on any atom is -0.311 e. The predicted molar refractivity (Wildman–Crippen MR) is 308 cm³/mol. The van der Waals surface area contributed by atoms with Gasteiger partial charge in [0.1, 0.15) is 0 Å². The van der Waals surface area contributed by atoms with E-state index in [1.165, 1.54) is 105 Å². The quantitative estimate of drug-likeness (QED) is 0.147. The van der Waals surface area contributed by atoms with Crippen molar-refractivity contribution in [3.8, 4) is 27.9 Å². The van der Waals surface area contributed by atoms with Gasteiger partial charge in [-0.3, -0.25) is 0 Å². The summed E-state index contributed by atoms with van der Waals surface area (Å²) >= 11 is 0. The van der Waals surface area contributed by atoms with E-state index in [2.05, 4.69) is 301 Å². The first-order valence-electron chi connectivity index (χ1n) is 25.7.